The van der Waals surface area contributed by atoms with Gasteiger partial charge in [-0.3, -0.25) is 4.79 Å². The summed E-state index contributed by atoms with van der Waals surface area (Å²) in [5, 5.41) is 0. The minimum absolute atomic E-state index is 0.00759. The fourth-order valence-electron chi connectivity index (χ4n) is 1.44. The van der Waals surface area contributed by atoms with E-state index in [1.54, 1.807) is 11.8 Å². The minimum atomic E-state index is -0.00759. The monoisotopic (exact) mass is 256 g/mol. The molecule has 0 spiro atoms. The Balaban J connectivity index is 2.55. The van der Waals surface area contributed by atoms with E-state index >= 15 is 0 Å². The predicted octanol–water partition coefficient (Wildman–Crippen LogP) is 3.05. The maximum Gasteiger partial charge on any atom is 0.178 e. The lowest BCUT2D eigenvalue weighted by Crippen LogP contribution is -2.22. The summed E-state index contributed by atoms with van der Waals surface area (Å²) in [4.78, 5) is 12.9. The molecule has 1 unspecified atom stereocenters. The highest BCUT2D eigenvalue weighted by molar-refractivity contribution is 9.10. The van der Waals surface area contributed by atoms with Crippen molar-refractivity contribution in [1.29, 1.82) is 0 Å². The van der Waals surface area contributed by atoms with Crippen LogP contribution in [0, 0.1) is 6.92 Å². The van der Waals surface area contributed by atoms with E-state index in [9.17, 15) is 4.79 Å². The van der Waals surface area contributed by atoms with Crippen LogP contribution < -0.4 is 0 Å². The van der Waals surface area contributed by atoms with Gasteiger partial charge in [0.2, 0.25) is 0 Å². The van der Waals surface area contributed by atoms with Crippen LogP contribution in [0.15, 0.2) is 23.1 Å². The molecule has 1 aliphatic heterocycles. The highest BCUT2D eigenvalue weighted by atomic mass is 79.9. The molecular weight excluding hydrogens is 248 g/mol. The van der Waals surface area contributed by atoms with Crippen LogP contribution in [0.5, 0.6) is 0 Å². The largest absolute Gasteiger partial charge is 0.293 e. The quantitative estimate of drug-likeness (QED) is 0.664. The molecule has 0 aromatic heterocycles. The summed E-state index contributed by atoms with van der Waals surface area (Å²) >= 11 is 5.14. The normalized spacial score (nSPS) is 21.4. The summed E-state index contributed by atoms with van der Waals surface area (Å²) in [5.74, 6) is 1.06. The Labute approximate surface area is 90.0 Å². The first kappa shape index (κ1) is 9.28. The molecule has 0 fully saturated rings. The molecule has 1 aromatic rings. The van der Waals surface area contributed by atoms with Crippen LogP contribution in [-0.4, -0.2) is 16.4 Å². The minimum Gasteiger partial charge on any atom is -0.293 e. The molecule has 1 atom stereocenters. The molecule has 13 heavy (non-hydrogen) atoms. The average Bonchev–Trinajstić information content (AvgIpc) is 2.12. The molecular formula is C10H9BrOS. The van der Waals surface area contributed by atoms with Crippen LogP contribution >= 0.6 is 27.7 Å². The van der Waals surface area contributed by atoms with E-state index in [-0.39, 0.29) is 10.6 Å². The van der Waals surface area contributed by atoms with Crippen LogP contribution in [-0.2, 0) is 0 Å². The van der Waals surface area contributed by atoms with E-state index in [1.807, 2.05) is 25.1 Å². The Morgan fingerprint density at radius 2 is 2.31 bits per heavy atom. The van der Waals surface area contributed by atoms with Crippen LogP contribution in [0.4, 0.5) is 0 Å². The Morgan fingerprint density at radius 3 is 3.08 bits per heavy atom. The van der Waals surface area contributed by atoms with E-state index in [0.717, 1.165) is 16.2 Å². The van der Waals surface area contributed by atoms with Gasteiger partial charge in [0.1, 0.15) is 0 Å². The number of halogens is 1. The number of alkyl halides is 1. The zero-order valence-corrected chi connectivity index (χ0v) is 9.61. The van der Waals surface area contributed by atoms with Crippen molar-refractivity contribution in [2.75, 3.05) is 5.75 Å². The van der Waals surface area contributed by atoms with Crippen molar-refractivity contribution < 1.29 is 4.79 Å². The maximum absolute atomic E-state index is 11.7. The van der Waals surface area contributed by atoms with E-state index in [2.05, 4.69) is 15.9 Å². The molecule has 0 N–H and O–H groups in total. The second kappa shape index (κ2) is 3.46. The van der Waals surface area contributed by atoms with Gasteiger partial charge in [0.15, 0.2) is 5.78 Å². The standard InChI is InChI=1S/C10H9BrOS/c1-6-3-2-4-7-9(12)8(11)5-13-10(6)7/h2-4,8H,5H2,1H3. The highest BCUT2D eigenvalue weighted by Crippen LogP contribution is 2.34. The lowest BCUT2D eigenvalue weighted by molar-refractivity contribution is 0.0992. The second-order valence-corrected chi connectivity index (χ2v) is 5.23. The van der Waals surface area contributed by atoms with Gasteiger partial charge in [-0.1, -0.05) is 34.1 Å². The predicted molar refractivity (Wildman–Crippen MR) is 58.9 cm³/mol. The number of thioether (sulfide) groups is 1. The van der Waals surface area contributed by atoms with Crippen LogP contribution in [0.3, 0.4) is 0 Å². The van der Waals surface area contributed by atoms with Crippen molar-refractivity contribution in [3.8, 4) is 0 Å². The molecule has 3 heteroatoms. The molecule has 0 bridgehead atoms. The number of benzene rings is 1. The third-order valence-electron chi connectivity index (χ3n) is 2.14. The highest BCUT2D eigenvalue weighted by Gasteiger charge is 2.26. The van der Waals surface area contributed by atoms with Crippen molar-refractivity contribution in [3.63, 3.8) is 0 Å². The fraction of sp³-hybridized carbons (Fsp3) is 0.300. The molecule has 1 aliphatic rings. The third-order valence-corrected chi connectivity index (χ3v) is 4.63. The van der Waals surface area contributed by atoms with Crippen molar-refractivity contribution in [2.45, 2.75) is 16.6 Å². The average molecular weight is 257 g/mol. The number of carbonyl (C=O) groups is 1. The molecule has 0 saturated heterocycles. The summed E-state index contributed by atoms with van der Waals surface area (Å²) < 4.78 is 0. The van der Waals surface area contributed by atoms with Gasteiger partial charge in [0.25, 0.3) is 0 Å². The first-order valence-electron chi connectivity index (χ1n) is 4.11. The first-order valence-corrected chi connectivity index (χ1v) is 6.01. The van der Waals surface area contributed by atoms with Crippen molar-refractivity contribution in [3.05, 3.63) is 29.3 Å². The Morgan fingerprint density at radius 1 is 1.54 bits per heavy atom. The van der Waals surface area contributed by atoms with E-state index in [1.165, 1.54) is 5.56 Å². The van der Waals surface area contributed by atoms with Crippen molar-refractivity contribution >= 4 is 33.5 Å². The zero-order chi connectivity index (χ0) is 9.42. The van der Waals surface area contributed by atoms with E-state index < -0.39 is 0 Å². The Bertz CT molecular complexity index is 362. The SMILES string of the molecule is Cc1cccc2c1SCC(Br)C2=O. The van der Waals surface area contributed by atoms with E-state index in [4.69, 9.17) is 0 Å². The number of rotatable bonds is 0. The van der Waals surface area contributed by atoms with Crippen LogP contribution in [0.25, 0.3) is 0 Å². The molecule has 1 aromatic carbocycles. The van der Waals surface area contributed by atoms with Crippen LogP contribution in [0.1, 0.15) is 15.9 Å². The van der Waals surface area contributed by atoms with Gasteiger partial charge in [0, 0.05) is 16.2 Å². The molecule has 2 rings (SSSR count). The summed E-state index contributed by atoms with van der Waals surface area (Å²) in [6.07, 6.45) is 0. The molecule has 1 heterocycles. The van der Waals surface area contributed by atoms with Gasteiger partial charge in [-0.25, -0.2) is 0 Å². The lowest BCUT2D eigenvalue weighted by atomic mass is 10.1. The zero-order valence-electron chi connectivity index (χ0n) is 7.21. The van der Waals surface area contributed by atoms with Gasteiger partial charge in [-0.15, -0.1) is 11.8 Å². The van der Waals surface area contributed by atoms with Gasteiger partial charge in [0.05, 0.1) is 4.83 Å². The summed E-state index contributed by atoms with van der Waals surface area (Å²) in [7, 11) is 0. The summed E-state index contributed by atoms with van der Waals surface area (Å²) in [5.41, 5.74) is 2.08. The number of carbonyl (C=O) groups excluding carboxylic acids is 1. The molecule has 1 nitrogen and oxygen atoms in total. The molecule has 0 saturated carbocycles. The first-order chi connectivity index (χ1) is 6.20. The lowest BCUT2D eigenvalue weighted by Gasteiger charge is -2.19. The van der Waals surface area contributed by atoms with E-state index in [0.29, 0.717) is 0 Å². The second-order valence-electron chi connectivity index (χ2n) is 3.09. The fourth-order valence-corrected chi connectivity index (χ4v) is 3.17. The summed E-state index contributed by atoms with van der Waals surface area (Å²) in [6.45, 7) is 2.05. The van der Waals surface area contributed by atoms with Crippen molar-refractivity contribution in [2.24, 2.45) is 0 Å². The molecule has 68 valence electrons. The number of hydrogen-bond donors (Lipinski definition) is 0. The molecule has 0 radical (unpaired) electrons. The number of hydrogen-bond acceptors (Lipinski definition) is 2. The Hall–Kier alpha value is -0.280. The third kappa shape index (κ3) is 1.55. The number of aryl methyl sites for hydroxylation is 1. The summed E-state index contributed by atoms with van der Waals surface area (Å²) in [6, 6.07) is 5.90. The van der Waals surface area contributed by atoms with Crippen molar-refractivity contribution in [1.82, 2.24) is 0 Å². The topological polar surface area (TPSA) is 17.1 Å². The van der Waals surface area contributed by atoms with Gasteiger partial charge < -0.3 is 0 Å². The van der Waals surface area contributed by atoms with Gasteiger partial charge in [-0.2, -0.15) is 0 Å². The maximum atomic E-state index is 11.7. The number of ketones is 1. The molecule has 0 aliphatic carbocycles. The number of Topliss-reactive ketones (excluding diaryl/α,β-unsaturated/α-hetero) is 1. The van der Waals surface area contributed by atoms with Crippen LogP contribution in [0.2, 0.25) is 0 Å². The Kier molecular flexibility index (Phi) is 2.47. The number of fused-ring (bicyclic) bond motifs is 1. The smallest absolute Gasteiger partial charge is 0.178 e. The van der Waals surface area contributed by atoms with Gasteiger partial charge >= 0.3 is 0 Å². The van der Waals surface area contributed by atoms with Gasteiger partial charge in [-0.05, 0) is 12.5 Å². The molecule has 0 amide bonds.